The highest BCUT2D eigenvalue weighted by Gasteiger charge is 2.19. The van der Waals surface area contributed by atoms with Gasteiger partial charge >= 0.3 is 0 Å². The molecule has 1 fully saturated rings. The van der Waals surface area contributed by atoms with Gasteiger partial charge in [0, 0.05) is 11.9 Å². The first kappa shape index (κ1) is 10.8. The summed E-state index contributed by atoms with van der Waals surface area (Å²) in [6, 6.07) is 6.74. The van der Waals surface area contributed by atoms with Gasteiger partial charge < -0.3 is 0 Å². The van der Waals surface area contributed by atoms with Crippen molar-refractivity contribution < 1.29 is 0 Å². The number of hydrogen-bond donors (Lipinski definition) is 0. The van der Waals surface area contributed by atoms with Crippen LogP contribution in [0.25, 0.3) is 10.9 Å². The third-order valence-corrected chi connectivity index (χ3v) is 3.99. The minimum absolute atomic E-state index is 0.589. The lowest BCUT2D eigenvalue weighted by molar-refractivity contribution is 0.270. The monoisotopic (exact) mass is 228 g/mol. The maximum absolute atomic E-state index is 4.53. The predicted octanol–water partition coefficient (Wildman–Crippen LogP) is 3.96. The van der Waals surface area contributed by atoms with Crippen LogP contribution in [0.1, 0.15) is 44.6 Å². The van der Waals surface area contributed by atoms with Crippen molar-refractivity contribution >= 4 is 10.9 Å². The van der Waals surface area contributed by atoms with Gasteiger partial charge in [-0.3, -0.25) is 4.68 Å². The first-order chi connectivity index (χ1) is 8.24. The first-order valence-corrected chi connectivity index (χ1v) is 6.69. The van der Waals surface area contributed by atoms with Crippen LogP contribution in [0, 0.1) is 5.92 Å². The molecule has 2 nitrogen and oxygen atoms in total. The molecule has 17 heavy (non-hydrogen) atoms. The van der Waals surface area contributed by atoms with E-state index < -0.39 is 0 Å². The number of aromatic nitrogens is 2. The molecule has 0 saturated heterocycles. The fourth-order valence-corrected chi connectivity index (χ4v) is 2.51. The Labute approximate surface area is 103 Å². The lowest BCUT2D eigenvalue weighted by Gasteiger charge is -2.25. The van der Waals surface area contributed by atoms with Crippen LogP contribution in [0.15, 0.2) is 24.4 Å². The van der Waals surface area contributed by atoms with Crippen molar-refractivity contribution in [2.45, 2.75) is 45.6 Å². The Kier molecular flexibility index (Phi) is 2.65. The van der Waals surface area contributed by atoms with Gasteiger partial charge in [0.05, 0.1) is 11.7 Å². The van der Waals surface area contributed by atoms with Crippen LogP contribution >= 0.6 is 0 Å². The van der Waals surface area contributed by atoms with Gasteiger partial charge in [0.15, 0.2) is 0 Å². The van der Waals surface area contributed by atoms with Crippen LogP contribution in [0.4, 0.5) is 0 Å². The molecule has 1 aromatic carbocycles. The third-order valence-electron chi connectivity index (χ3n) is 3.99. The Bertz CT molecular complexity index is 521. The van der Waals surface area contributed by atoms with E-state index in [9.17, 15) is 0 Å². The second-order valence-corrected chi connectivity index (χ2v) is 5.60. The minimum Gasteiger partial charge on any atom is -0.265 e. The van der Waals surface area contributed by atoms with Crippen molar-refractivity contribution in [1.29, 1.82) is 0 Å². The molecule has 0 amide bonds. The molecule has 0 atom stereocenters. The van der Waals surface area contributed by atoms with E-state index in [-0.39, 0.29) is 0 Å². The standard InChI is InChI=1S/C15H20N2/c1-11(2)13-6-7-14-9-16-17(15(14)8-13)10-12-4-3-5-12/h6-9,11-12H,3-5,10H2,1-2H3. The Morgan fingerprint density at radius 2 is 2.18 bits per heavy atom. The fraction of sp³-hybridized carbons (Fsp3) is 0.533. The molecule has 90 valence electrons. The van der Waals surface area contributed by atoms with Gasteiger partial charge in [-0.1, -0.05) is 32.4 Å². The topological polar surface area (TPSA) is 17.8 Å². The number of fused-ring (bicyclic) bond motifs is 1. The summed E-state index contributed by atoms with van der Waals surface area (Å²) in [6.45, 7) is 5.59. The molecule has 0 unspecified atom stereocenters. The van der Waals surface area contributed by atoms with Crippen molar-refractivity contribution in [2.75, 3.05) is 0 Å². The summed E-state index contributed by atoms with van der Waals surface area (Å²) >= 11 is 0. The van der Waals surface area contributed by atoms with Crippen molar-refractivity contribution in [3.63, 3.8) is 0 Å². The van der Waals surface area contributed by atoms with Gasteiger partial charge in [0.2, 0.25) is 0 Å². The lowest BCUT2D eigenvalue weighted by atomic mass is 9.85. The third kappa shape index (κ3) is 1.97. The summed E-state index contributed by atoms with van der Waals surface area (Å²) in [7, 11) is 0. The molecule has 1 aliphatic carbocycles. The van der Waals surface area contributed by atoms with Crippen LogP contribution in [-0.2, 0) is 6.54 Å². The minimum atomic E-state index is 0.589. The predicted molar refractivity (Wildman–Crippen MR) is 71.2 cm³/mol. The second-order valence-electron chi connectivity index (χ2n) is 5.60. The van der Waals surface area contributed by atoms with E-state index in [1.54, 1.807) is 0 Å². The van der Waals surface area contributed by atoms with Crippen LogP contribution in [-0.4, -0.2) is 9.78 Å². The highest BCUT2D eigenvalue weighted by atomic mass is 15.3. The summed E-state index contributed by atoms with van der Waals surface area (Å²) in [5.41, 5.74) is 2.72. The zero-order valence-corrected chi connectivity index (χ0v) is 10.7. The summed E-state index contributed by atoms with van der Waals surface area (Å²) in [4.78, 5) is 0. The normalized spacial score (nSPS) is 16.6. The highest BCUT2D eigenvalue weighted by molar-refractivity contribution is 5.79. The number of hydrogen-bond acceptors (Lipinski definition) is 1. The van der Waals surface area contributed by atoms with E-state index in [1.807, 2.05) is 6.20 Å². The quantitative estimate of drug-likeness (QED) is 0.777. The molecule has 2 aromatic rings. The van der Waals surface area contributed by atoms with Crippen molar-refractivity contribution in [3.05, 3.63) is 30.0 Å². The number of benzene rings is 1. The Balaban J connectivity index is 1.96. The Morgan fingerprint density at radius 3 is 2.82 bits per heavy atom. The zero-order chi connectivity index (χ0) is 11.8. The zero-order valence-electron chi connectivity index (χ0n) is 10.7. The van der Waals surface area contributed by atoms with Crippen molar-refractivity contribution in [3.8, 4) is 0 Å². The molecule has 3 rings (SSSR count). The van der Waals surface area contributed by atoms with E-state index in [4.69, 9.17) is 0 Å². The van der Waals surface area contributed by atoms with Crippen molar-refractivity contribution in [2.24, 2.45) is 5.92 Å². The Hall–Kier alpha value is -1.31. The van der Waals surface area contributed by atoms with E-state index >= 15 is 0 Å². The Morgan fingerprint density at radius 1 is 1.35 bits per heavy atom. The molecule has 1 aromatic heterocycles. The molecule has 1 saturated carbocycles. The molecule has 0 bridgehead atoms. The van der Waals surface area contributed by atoms with E-state index in [0.29, 0.717) is 5.92 Å². The highest BCUT2D eigenvalue weighted by Crippen LogP contribution is 2.29. The molecule has 0 aliphatic heterocycles. The smallest absolute Gasteiger partial charge is 0.0685 e. The molecule has 0 spiro atoms. The average molecular weight is 228 g/mol. The molecule has 0 radical (unpaired) electrons. The maximum atomic E-state index is 4.53. The van der Waals surface area contributed by atoms with E-state index in [1.165, 1.54) is 35.7 Å². The molecular weight excluding hydrogens is 208 g/mol. The summed E-state index contributed by atoms with van der Waals surface area (Å²) in [5, 5.41) is 5.81. The van der Waals surface area contributed by atoms with Crippen LogP contribution < -0.4 is 0 Å². The summed E-state index contributed by atoms with van der Waals surface area (Å²) in [6.07, 6.45) is 6.16. The van der Waals surface area contributed by atoms with Gasteiger partial charge in [0.1, 0.15) is 0 Å². The van der Waals surface area contributed by atoms with Gasteiger partial charge in [0.25, 0.3) is 0 Å². The molecule has 1 heterocycles. The first-order valence-electron chi connectivity index (χ1n) is 6.69. The SMILES string of the molecule is CC(C)c1ccc2cnn(CC3CCC3)c2c1. The van der Waals surface area contributed by atoms with Gasteiger partial charge in [-0.2, -0.15) is 5.10 Å². The summed E-state index contributed by atoms with van der Waals surface area (Å²) in [5.74, 6) is 1.45. The fourth-order valence-electron chi connectivity index (χ4n) is 2.51. The van der Waals surface area contributed by atoms with Gasteiger partial charge in [-0.15, -0.1) is 0 Å². The maximum Gasteiger partial charge on any atom is 0.0685 e. The van der Waals surface area contributed by atoms with Gasteiger partial charge in [-0.05, 0) is 36.3 Å². The molecule has 2 heteroatoms. The van der Waals surface area contributed by atoms with Crippen molar-refractivity contribution in [1.82, 2.24) is 9.78 Å². The van der Waals surface area contributed by atoms with Crippen LogP contribution in [0.3, 0.4) is 0 Å². The molecule has 0 N–H and O–H groups in total. The average Bonchev–Trinajstić information content (AvgIpc) is 2.65. The second kappa shape index (κ2) is 4.17. The molecule has 1 aliphatic rings. The lowest BCUT2D eigenvalue weighted by Crippen LogP contribution is -2.18. The summed E-state index contributed by atoms with van der Waals surface area (Å²) < 4.78 is 2.20. The van der Waals surface area contributed by atoms with Crippen LogP contribution in [0.2, 0.25) is 0 Å². The number of rotatable bonds is 3. The van der Waals surface area contributed by atoms with E-state index in [0.717, 1.165) is 12.5 Å². The number of nitrogens with zero attached hydrogens (tertiary/aromatic N) is 2. The van der Waals surface area contributed by atoms with E-state index in [2.05, 4.69) is 41.8 Å². The molecular formula is C15H20N2. The van der Waals surface area contributed by atoms with Crippen LogP contribution in [0.5, 0.6) is 0 Å². The van der Waals surface area contributed by atoms with Gasteiger partial charge in [-0.25, -0.2) is 0 Å². The largest absolute Gasteiger partial charge is 0.265 e.